The highest BCUT2D eigenvalue weighted by molar-refractivity contribution is 7.96. The van der Waals surface area contributed by atoms with Crippen LogP contribution in [0.5, 0.6) is 0 Å². The van der Waals surface area contributed by atoms with E-state index in [1.165, 1.54) is 0 Å². The minimum atomic E-state index is 0.165. The van der Waals surface area contributed by atoms with Gasteiger partial charge in [-0.05, 0) is 17.3 Å². The van der Waals surface area contributed by atoms with E-state index in [9.17, 15) is 4.79 Å². The summed E-state index contributed by atoms with van der Waals surface area (Å²) in [6.07, 6.45) is 7.67. The van der Waals surface area contributed by atoms with E-state index in [0.29, 0.717) is 5.78 Å². The van der Waals surface area contributed by atoms with Crippen molar-refractivity contribution in [2.24, 2.45) is 0 Å². The summed E-state index contributed by atoms with van der Waals surface area (Å²) in [5, 5.41) is 0.211. The van der Waals surface area contributed by atoms with Crippen molar-refractivity contribution >= 4 is 16.7 Å². The molecule has 0 aliphatic rings. The van der Waals surface area contributed by atoms with Crippen molar-refractivity contribution in [2.45, 2.75) is 31.4 Å². The van der Waals surface area contributed by atoms with Gasteiger partial charge in [0.1, 0.15) is 0 Å². The Kier molecular flexibility index (Phi) is 5.61. The third kappa shape index (κ3) is 3.67. The Labute approximate surface area is 102 Å². The number of carbonyl (C=O) groups excluding carboxylic acids is 1. The summed E-state index contributed by atoms with van der Waals surface area (Å²) in [6.45, 7) is 2.17. The van der Waals surface area contributed by atoms with Crippen LogP contribution in [0.15, 0.2) is 30.3 Å². The smallest absolute Gasteiger partial charge is 0.214 e. The Hall–Kier alpha value is -0.760. The van der Waals surface area contributed by atoms with Gasteiger partial charge in [-0.15, -0.1) is 0 Å². The molecule has 0 heterocycles. The predicted molar refractivity (Wildman–Crippen MR) is 73.3 cm³/mol. The maximum absolute atomic E-state index is 12.3. The van der Waals surface area contributed by atoms with Crippen LogP contribution in [-0.4, -0.2) is 23.5 Å². The molecule has 1 nitrogen and oxygen atoms in total. The standard InChI is InChI=1S/C14H21OS/c1-4-5-11-13(16(2)3)14(15)12-9-7-6-8-10-12/h6-10,13H,4-5,11H2,1-3H3/q+1. The van der Waals surface area contributed by atoms with E-state index in [1.54, 1.807) is 0 Å². The van der Waals surface area contributed by atoms with Gasteiger partial charge in [0.2, 0.25) is 5.78 Å². The van der Waals surface area contributed by atoms with Crippen molar-refractivity contribution in [1.82, 2.24) is 0 Å². The number of unbranched alkanes of at least 4 members (excludes halogenated alkanes) is 1. The molecule has 0 radical (unpaired) electrons. The van der Waals surface area contributed by atoms with Gasteiger partial charge in [-0.2, -0.15) is 0 Å². The number of hydrogen-bond acceptors (Lipinski definition) is 1. The fourth-order valence-corrected chi connectivity index (χ4v) is 2.96. The van der Waals surface area contributed by atoms with Gasteiger partial charge in [0.25, 0.3) is 0 Å². The molecule has 0 fully saturated rings. The van der Waals surface area contributed by atoms with Crippen molar-refractivity contribution in [1.29, 1.82) is 0 Å². The zero-order valence-electron chi connectivity index (χ0n) is 10.4. The highest BCUT2D eigenvalue weighted by atomic mass is 32.2. The zero-order chi connectivity index (χ0) is 12.0. The summed E-state index contributed by atoms with van der Waals surface area (Å²) in [6, 6.07) is 9.68. The van der Waals surface area contributed by atoms with Crippen molar-refractivity contribution < 1.29 is 4.79 Å². The monoisotopic (exact) mass is 237 g/mol. The van der Waals surface area contributed by atoms with Crippen LogP contribution in [0.25, 0.3) is 0 Å². The van der Waals surface area contributed by atoms with Crippen molar-refractivity contribution in [3.63, 3.8) is 0 Å². The maximum Gasteiger partial charge on any atom is 0.214 e. The molecule has 1 rings (SSSR count). The quantitative estimate of drug-likeness (QED) is 0.548. The van der Waals surface area contributed by atoms with Gasteiger partial charge < -0.3 is 0 Å². The first-order valence-corrected chi connectivity index (χ1v) is 7.93. The lowest BCUT2D eigenvalue weighted by atomic mass is 10.0. The lowest BCUT2D eigenvalue weighted by Gasteiger charge is -2.12. The summed E-state index contributed by atoms with van der Waals surface area (Å²) in [4.78, 5) is 12.3. The van der Waals surface area contributed by atoms with E-state index in [1.807, 2.05) is 30.3 Å². The second kappa shape index (κ2) is 6.74. The van der Waals surface area contributed by atoms with Crippen LogP contribution in [-0.2, 0) is 10.9 Å². The summed E-state index contributed by atoms with van der Waals surface area (Å²) >= 11 is 0. The first kappa shape index (κ1) is 13.3. The molecule has 2 heteroatoms. The molecule has 0 saturated heterocycles. The van der Waals surface area contributed by atoms with Crippen LogP contribution >= 0.6 is 0 Å². The average molecular weight is 237 g/mol. The summed E-state index contributed by atoms with van der Waals surface area (Å²) in [5.41, 5.74) is 0.866. The minimum absolute atomic E-state index is 0.165. The highest BCUT2D eigenvalue weighted by Crippen LogP contribution is 2.16. The van der Waals surface area contributed by atoms with Crippen molar-refractivity contribution in [3.8, 4) is 0 Å². The fraction of sp³-hybridized carbons (Fsp3) is 0.500. The lowest BCUT2D eigenvalue weighted by Crippen LogP contribution is -2.29. The fourth-order valence-electron chi connectivity index (χ4n) is 1.76. The lowest BCUT2D eigenvalue weighted by molar-refractivity contribution is 0.0985. The third-order valence-electron chi connectivity index (χ3n) is 2.74. The van der Waals surface area contributed by atoms with Crippen LogP contribution in [0.2, 0.25) is 0 Å². The molecular weight excluding hydrogens is 216 g/mol. The molecule has 16 heavy (non-hydrogen) atoms. The largest absolute Gasteiger partial charge is 0.288 e. The topological polar surface area (TPSA) is 17.1 Å². The van der Waals surface area contributed by atoms with Crippen LogP contribution in [0.3, 0.4) is 0 Å². The van der Waals surface area contributed by atoms with E-state index in [2.05, 4.69) is 19.4 Å². The first-order chi connectivity index (χ1) is 7.66. The van der Waals surface area contributed by atoms with Crippen molar-refractivity contribution in [2.75, 3.05) is 12.5 Å². The molecule has 0 saturated carbocycles. The van der Waals surface area contributed by atoms with E-state index < -0.39 is 0 Å². The van der Waals surface area contributed by atoms with Crippen LogP contribution in [0.1, 0.15) is 36.5 Å². The van der Waals surface area contributed by atoms with Gasteiger partial charge in [-0.1, -0.05) is 43.7 Å². The summed E-state index contributed by atoms with van der Waals surface area (Å²) < 4.78 is 0. The third-order valence-corrected chi connectivity index (χ3v) is 4.33. The molecule has 1 unspecified atom stereocenters. The molecule has 88 valence electrons. The van der Waals surface area contributed by atoms with E-state index in [4.69, 9.17) is 0 Å². The van der Waals surface area contributed by atoms with Crippen LogP contribution in [0, 0.1) is 0 Å². The van der Waals surface area contributed by atoms with Crippen LogP contribution in [0.4, 0.5) is 0 Å². The molecule has 1 aromatic rings. The number of benzene rings is 1. The van der Waals surface area contributed by atoms with E-state index in [0.717, 1.165) is 24.8 Å². The van der Waals surface area contributed by atoms with E-state index >= 15 is 0 Å². The number of Topliss-reactive ketones (excluding diaryl/α,β-unsaturated/α-hetero) is 1. The number of carbonyl (C=O) groups is 1. The number of ketones is 1. The molecule has 1 atom stereocenters. The predicted octanol–water partition coefficient (Wildman–Crippen LogP) is 3.31. The van der Waals surface area contributed by atoms with Gasteiger partial charge in [-0.3, -0.25) is 4.79 Å². The molecular formula is C14H21OS+. The highest BCUT2D eigenvalue weighted by Gasteiger charge is 2.29. The van der Waals surface area contributed by atoms with Crippen LogP contribution < -0.4 is 0 Å². The molecule has 0 N–H and O–H groups in total. The Balaban J connectivity index is 2.75. The Bertz CT molecular complexity index is 319. The van der Waals surface area contributed by atoms with Gasteiger partial charge >= 0.3 is 0 Å². The average Bonchev–Trinajstić information content (AvgIpc) is 2.30. The first-order valence-electron chi connectivity index (χ1n) is 5.82. The number of rotatable bonds is 6. The van der Waals surface area contributed by atoms with Gasteiger partial charge in [0.05, 0.1) is 12.5 Å². The summed E-state index contributed by atoms with van der Waals surface area (Å²) in [7, 11) is 0.165. The Morgan fingerprint density at radius 3 is 2.38 bits per heavy atom. The molecule has 0 bridgehead atoms. The Morgan fingerprint density at radius 1 is 1.25 bits per heavy atom. The number of hydrogen-bond donors (Lipinski definition) is 0. The Morgan fingerprint density at radius 2 is 1.88 bits per heavy atom. The van der Waals surface area contributed by atoms with Gasteiger partial charge in [-0.25, -0.2) is 0 Å². The molecule has 1 aromatic carbocycles. The second-order valence-corrected chi connectivity index (χ2v) is 6.57. The maximum atomic E-state index is 12.3. The molecule has 0 spiro atoms. The van der Waals surface area contributed by atoms with E-state index in [-0.39, 0.29) is 16.1 Å². The molecule has 0 aliphatic carbocycles. The molecule has 0 aromatic heterocycles. The molecule has 0 amide bonds. The second-order valence-electron chi connectivity index (χ2n) is 4.24. The van der Waals surface area contributed by atoms with Gasteiger partial charge in [0, 0.05) is 12.0 Å². The zero-order valence-corrected chi connectivity index (χ0v) is 11.2. The van der Waals surface area contributed by atoms with Gasteiger partial charge in [0.15, 0.2) is 5.25 Å². The SMILES string of the molecule is CCCCC(C(=O)c1ccccc1)[S+](C)C. The normalized spacial score (nSPS) is 12.8. The minimum Gasteiger partial charge on any atom is -0.288 e. The van der Waals surface area contributed by atoms with Crippen molar-refractivity contribution in [3.05, 3.63) is 35.9 Å². The summed E-state index contributed by atoms with van der Waals surface area (Å²) in [5.74, 6) is 0.322. The molecule has 0 aliphatic heterocycles.